The number of hydrogen-bond donors (Lipinski definition) is 0. The maximum absolute atomic E-state index is 11.8. The first-order valence-electron chi connectivity index (χ1n) is 7.89. The second kappa shape index (κ2) is 5.98. The molecule has 2 aromatic carbocycles. The Balaban J connectivity index is 2.01. The molecule has 6 nitrogen and oxygen atoms in total. The van der Waals surface area contributed by atoms with E-state index in [9.17, 15) is 4.79 Å². The predicted molar refractivity (Wildman–Crippen MR) is 94.7 cm³/mol. The fourth-order valence-electron chi connectivity index (χ4n) is 3.00. The molecule has 2 aromatic heterocycles. The van der Waals surface area contributed by atoms with Crippen LogP contribution in [0.3, 0.4) is 0 Å². The van der Waals surface area contributed by atoms with Gasteiger partial charge in [-0.2, -0.15) is 0 Å². The number of fused-ring (bicyclic) bond motifs is 3. The zero-order valence-electron chi connectivity index (χ0n) is 14.0. The van der Waals surface area contributed by atoms with Crippen LogP contribution in [0.2, 0.25) is 0 Å². The molecule has 0 unspecified atom stereocenters. The van der Waals surface area contributed by atoms with E-state index < -0.39 is 0 Å². The van der Waals surface area contributed by atoms with E-state index in [0.29, 0.717) is 5.78 Å². The van der Waals surface area contributed by atoms with Gasteiger partial charge in [-0.15, -0.1) is 0 Å². The van der Waals surface area contributed by atoms with Crippen LogP contribution in [-0.4, -0.2) is 34.1 Å². The molecule has 0 saturated carbocycles. The van der Waals surface area contributed by atoms with Crippen molar-refractivity contribution in [2.45, 2.75) is 6.54 Å². The number of carbonyl (C=O) groups is 1. The van der Waals surface area contributed by atoms with Gasteiger partial charge in [0.2, 0.25) is 5.78 Å². The lowest BCUT2D eigenvalue weighted by Crippen LogP contribution is -2.10. The first kappa shape index (κ1) is 15.3. The molecule has 4 aromatic rings. The van der Waals surface area contributed by atoms with Crippen molar-refractivity contribution in [3.63, 3.8) is 0 Å². The predicted octanol–water partition coefficient (Wildman–Crippen LogP) is 3.14. The molecule has 126 valence electrons. The number of imidazole rings is 2. The van der Waals surface area contributed by atoms with Gasteiger partial charge in [-0.25, -0.2) is 4.98 Å². The van der Waals surface area contributed by atoms with E-state index in [2.05, 4.69) is 0 Å². The zero-order chi connectivity index (χ0) is 17.4. The third kappa shape index (κ3) is 2.52. The lowest BCUT2D eigenvalue weighted by atomic mass is 10.2. The van der Waals surface area contributed by atoms with Gasteiger partial charge in [0.05, 0.1) is 30.9 Å². The van der Waals surface area contributed by atoms with Crippen LogP contribution in [0.25, 0.3) is 28.1 Å². The molecule has 0 N–H and O–H groups in total. The largest absolute Gasteiger partial charge is 0.497 e. The molecule has 0 fully saturated rings. The fourth-order valence-corrected chi connectivity index (χ4v) is 3.00. The molecule has 0 aliphatic heterocycles. The summed E-state index contributed by atoms with van der Waals surface area (Å²) in [4.78, 5) is 16.5. The maximum Gasteiger partial charge on any atom is 0.325 e. The van der Waals surface area contributed by atoms with Crippen molar-refractivity contribution in [3.8, 4) is 17.0 Å². The number of hydrogen-bond acceptors (Lipinski definition) is 4. The van der Waals surface area contributed by atoms with Crippen molar-refractivity contribution in [1.29, 1.82) is 0 Å². The van der Waals surface area contributed by atoms with Gasteiger partial charge in [0.25, 0.3) is 0 Å². The number of carbonyl (C=O) groups excluding carboxylic acids is 1. The first-order chi connectivity index (χ1) is 12.2. The molecule has 0 amide bonds. The second-order valence-corrected chi connectivity index (χ2v) is 5.69. The molecular weight excluding hydrogens is 318 g/mol. The summed E-state index contributed by atoms with van der Waals surface area (Å²) in [5.74, 6) is 1.11. The third-order valence-electron chi connectivity index (χ3n) is 4.22. The van der Waals surface area contributed by atoms with E-state index in [1.54, 1.807) is 11.7 Å². The van der Waals surface area contributed by atoms with Crippen LogP contribution in [0.4, 0.5) is 0 Å². The number of nitrogens with zero attached hydrogens (tertiary/aromatic N) is 3. The summed E-state index contributed by atoms with van der Waals surface area (Å²) in [5.41, 5.74) is 3.78. The van der Waals surface area contributed by atoms with Crippen LogP contribution < -0.4 is 4.74 Å². The molecule has 0 spiro atoms. The molecule has 2 heterocycles. The van der Waals surface area contributed by atoms with Crippen molar-refractivity contribution in [2.24, 2.45) is 0 Å². The molecule has 0 aliphatic rings. The van der Waals surface area contributed by atoms with Crippen LogP contribution in [-0.2, 0) is 16.1 Å². The first-order valence-corrected chi connectivity index (χ1v) is 7.89. The molecule has 0 atom stereocenters. The minimum absolute atomic E-state index is 0.104. The van der Waals surface area contributed by atoms with Crippen LogP contribution in [0.15, 0.2) is 54.7 Å². The topological polar surface area (TPSA) is 57.8 Å². The van der Waals surface area contributed by atoms with Gasteiger partial charge in [0, 0.05) is 17.8 Å². The van der Waals surface area contributed by atoms with Gasteiger partial charge >= 0.3 is 5.97 Å². The average molecular weight is 335 g/mol. The van der Waals surface area contributed by atoms with Gasteiger partial charge in [-0.05, 0) is 12.1 Å². The Morgan fingerprint density at radius 3 is 2.64 bits per heavy atom. The summed E-state index contributed by atoms with van der Waals surface area (Å²) < 4.78 is 14.0. The van der Waals surface area contributed by atoms with Crippen molar-refractivity contribution in [3.05, 3.63) is 54.7 Å². The van der Waals surface area contributed by atoms with Crippen molar-refractivity contribution in [2.75, 3.05) is 14.2 Å². The molecular formula is C19H17N3O3. The number of ether oxygens (including phenoxy) is 2. The number of benzene rings is 2. The Morgan fingerprint density at radius 2 is 1.92 bits per heavy atom. The summed E-state index contributed by atoms with van der Waals surface area (Å²) in [5, 5.41) is 0. The number of aromatic nitrogens is 3. The number of methoxy groups -OCH3 is 2. The Kier molecular flexibility index (Phi) is 3.65. The molecule has 6 heteroatoms. The van der Waals surface area contributed by atoms with Crippen molar-refractivity contribution in [1.82, 2.24) is 14.0 Å². The van der Waals surface area contributed by atoms with Crippen LogP contribution in [0.1, 0.15) is 0 Å². The smallest absolute Gasteiger partial charge is 0.325 e. The Morgan fingerprint density at radius 1 is 1.12 bits per heavy atom. The van der Waals surface area contributed by atoms with E-state index in [1.807, 2.05) is 59.1 Å². The van der Waals surface area contributed by atoms with Gasteiger partial charge in [-0.3, -0.25) is 9.20 Å². The van der Waals surface area contributed by atoms with Gasteiger partial charge in [-0.1, -0.05) is 30.3 Å². The van der Waals surface area contributed by atoms with E-state index in [0.717, 1.165) is 28.0 Å². The summed E-state index contributed by atoms with van der Waals surface area (Å²) in [6.45, 7) is 0.104. The monoisotopic (exact) mass is 335 g/mol. The van der Waals surface area contributed by atoms with Crippen LogP contribution in [0, 0.1) is 0 Å². The lowest BCUT2D eigenvalue weighted by molar-refractivity contribution is -0.141. The molecule has 0 aliphatic carbocycles. The lowest BCUT2D eigenvalue weighted by Gasteiger charge is -2.02. The molecule has 0 bridgehead atoms. The van der Waals surface area contributed by atoms with Crippen molar-refractivity contribution < 1.29 is 14.3 Å². The normalized spacial score (nSPS) is 11.1. The minimum atomic E-state index is -0.318. The van der Waals surface area contributed by atoms with Gasteiger partial charge in [0.1, 0.15) is 12.3 Å². The standard InChI is InChI=1S/C19H17N3O3/c1-24-14-8-9-16-15(10-14)20-19-21(12-18(23)25-2)11-17(22(16)19)13-6-4-3-5-7-13/h3-11H,12H2,1-2H3. The molecule has 0 saturated heterocycles. The van der Waals surface area contributed by atoms with E-state index in [-0.39, 0.29) is 12.5 Å². The second-order valence-electron chi connectivity index (χ2n) is 5.69. The average Bonchev–Trinajstić information content (AvgIpc) is 3.19. The van der Waals surface area contributed by atoms with E-state index in [4.69, 9.17) is 14.5 Å². The highest BCUT2D eigenvalue weighted by Gasteiger charge is 2.17. The SMILES string of the molecule is COC(=O)Cn1cc(-c2ccccc2)n2c3ccc(OC)cc3nc12. The Bertz CT molecular complexity index is 1060. The number of rotatable bonds is 4. The molecule has 0 radical (unpaired) electrons. The highest BCUT2D eigenvalue weighted by molar-refractivity contribution is 5.85. The summed E-state index contributed by atoms with van der Waals surface area (Å²) in [7, 11) is 3.01. The Hall–Kier alpha value is -3.28. The quantitative estimate of drug-likeness (QED) is 0.538. The van der Waals surface area contributed by atoms with Crippen LogP contribution in [0.5, 0.6) is 5.75 Å². The summed E-state index contributed by atoms with van der Waals surface area (Å²) in [6, 6.07) is 15.8. The highest BCUT2D eigenvalue weighted by Crippen LogP contribution is 2.29. The fraction of sp³-hybridized carbons (Fsp3) is 0.158. The molecule has 4 rings (SSSR count). The van der Waals surface area contributed by atoms with Gasteiger partial charge in [0.15, 0.2) is 0 Å². The summed E-state index contributed by atoms with van der Waals surface area (Å²) in [6.07, 6.45) is 1.93. The van der Waals surface area contributed by atoms with Gasteiger partial charge < -0.3 is 14.0 Å². The maximum atomic E-state index is 11.8. The minimum Gasteiger partial charge on any atom is -0.497 e. The highest BCUT2D eigenvalue weighted by atomic mass is 16.5. The van der Waals surface area contributed by atoms with E-state index >= 15 is 0 Å². The van der Waals surface area contributed by atoms with Crippen LogP contribution >= 0.6 is 0 Å². The van der Waals surface area contributed by atoms with Crippen molar-refractivity contribution >= 4 is 22.8 Å². The summed E-state index contributed by atoms with van der Waals surface area (Å²) >= 11 is 0. The Labute approximate surface area is 144 Å². The molecule has 25 heavy (non-hydrogen) atoms. The van der Waals surface area contributed by atoms with E-state index in [1.165, 1.54) is 7.11 Å². The number of esters is 1. The third-order valence-corrected chi connectivity index (χ3v) is 4.22. The zero-order valence-corrected chi connectivity index (χ0v) is 14.0.